The van der Waals surface area contributed by atoms with Crippen molar-refractivity contribution in [3.8, 4) is 0 Å². The highest BCUT2D eigenvalue weighted by atomic mass is 16.7. The molecule has 0 saturated heterocycles. The first-order valence-electron chi connectivity index (χ1n) is 8.22. The summed E-state index contributed by atoms with van der Waals surface area (Å²) < 4.78 is 0. The van der Waals surface area contributed by atoms with E-state index in [0.717, 1.165) is 17.5 Å². The Bertz CT molecular complexity index is 699. The van der Waals surface area contributed by atoms with Crippen molar-refractivity contribution >= 4 is 0 Å². The van der Waals surface area contributed by atoms with Crippen molar-refractivity contribution < 1.29 is 4.84 Å². The molecular formula is C22H23NO. The Morgan fingerprint density at radius 3 is 1.50 bits per heavy atom. The second-order valence-corrected chi connectivity index (χ2v) is 6.13. The molecule has 0 aromatic heterocycles. The molecule has 2 heteroatoms. The molecule has 2 nitrogen and oxygen atoms in total. The summed E-state index contributed by atoms with van der Waals surface area (Å²) in [7, 11) is 3.87. The van der Waals surface area contributed by atoms with Gasteiger partial charge in [-0.1, -0.05) is 91.0 Å². The molecule has 24 heavy (non-hydrogen) atoms. The van der Waals surface area contributed by atoms with Crippen LogP contribution in [0.15, 0.2) is 91.0 Å². The molecule has 122 valence electrons. The topological polar surface area (TPSA) is 12.5 Å². The molecule has 0 spiro atoms. The van der Waals surface area contributed by atoms with Gasteiger partial charge in [-0.25, -0.2) is 0 Å². The zero-order valence-electron chi connectivity index (χ0n) is 14.2. The maximum Gasteiger partial charge on any atom is 0.144 e. The van der Waals surface area contributed by atoms with Crippen molar-refractivity contribution in [3.05, 3.63) is 108 Å². The van der Waals surface area contributed by atoms with Gasteiger partial charge in [0.2, 0.25) is 0 Å². The molecular weight excluding hydrogens is 294 g/mol. The van der Waals surface area contributed by atoms with Crippen LogP contribution < -0.4 is 0 Å². The van der Waals surface area contributed by atoms with Gasteiger partial charge in [-0.05, 0) is 16.7 Å². The highest BCUT2D eigenvalue weighted by molar-refractivity contribution is 5.39. The van der Waals surface area contributed by atoms with Crippen molar-refractivity contribution in [2.24, 2.45) is 0 Å². The minimum absolute atomic E-state index is 0.562. The summed E-state index contributed by atoms with van der Waals surface area (Å²) in [5.74, 6) is 0. The number of rotatable bonds is 6. The summed E-state index contributed by atoms with van der Waals surface area (Å²) in [4.78, 5) is 6.45. The van der Waals surface area contributed by atoms with E-state index in [1.807, 2.05) is 32.3 Å². The fourth-order valence-electron chi connectivity index (χ4n) is 3.12. The van der Waals surface area contributed by atoms with Crippen LogP contribution in [0.25, 0.3) is 0 Å². The summed E-state index contributed by atoms with van der Waals surface area (Å²) in [6.07, 6.45) is 0.764. The van der Waals surface area contributed by atoms with Crippen molar-refractivity contribution in [3.63, 3.8) is 0 Å². The first-order chi connectivity index (χ1) is 11.7. The van der Waals surface area contributed by atoms with E-state index in [4.69, 9.17) is 4.84 Å². The standard InChI is InChI=1S/C22H23NO/c1-23(2)24-22(20-14-8-4-9-15-20,21-16-10-5-11-17-21)18-19-12-6-3-7-13-19/h3-17H,18H2,1-2H3. The van der Waals surface area contributed by atoms with Crippen molar-refractivity contribution in [2.45, 2.75) is 12.0 Å². The maximum atomic E-state index is 6.45. The lowest BCUT2D eigenvalue weighted by Crippen LogP contribution is -2.38. The lowest BCUT2D eigenvalue weighted by atomic mass is 9.81. The molecule has 0 radical (unpaired) electrons. The number of hydrogen-bond donors (Lipinski definition) is 0. The Kier molecular flexibility index (Phi) is 5.09. The smallest absolute Gasteiger partial charge is 0.144 e. The molecule has 3 aromatic carbocycles. The Balaban J connectivity index is 2.16. The minimum atomic E-state index is -0.562. The maximum absolute atomic E-state index is 6.45. The number of benzene rings is 3. The number of hydroxylamine groups is 2. The Morgan fingerprint density at radius 1 is 0.667 bits per heavy atom. The monoisotopic (exact) mass is 317 g/mol. The average molecular weight is 317 g/mol. The van der Waals surface area contributed by atoms with E-state index in [1.54, 1.807) is 5.06 Å². The van der Waals surface area contributed by atoms with Crippen LogP contribution in [-0.2, 0) is 16.9 Å². The third-order valence-corrected chi connectivity index (χ3v) is 4.11. The molecule has 0 atom stereocenters. The Labute approximate surface area is 144 Å². The van der Waals surface area contributed by atoms with Crippen LogP contribution in [0.4, 0.5) is 0 Å². The third kappa shape index (κ3) is 3.56. The van der Waals surface area contributed by atoms with Crippen LogP contribution in [-0.4, -0.2) is 19.2 Å². The van der Waals surface area contributed by atoms with Crippen molar-refractivity contribution in [1.82, 2.24) is 5.06 Å². The molecule has 0 fully saturated rings. The summed E-state index contributed by atoms with van der Waals surface area (Å²) in [5, 5.41) is 1.79. The van der Waals surface area contributed by atoms with Gasteiger partial charge in [0.15, 0.2) is 0 Å². The third-order valence-electron chi connectivity index (χ3n) is 4.11. The number of nitrogens with zero attached hydrogens (tertiary/aromatic N) is 1. The van der Waals surface area contributed by atoms with Crippen LogP contribution in [0.3, 0.4) is 0 Å². The second kappa shape index (κ2) is 7.43. The lowest BCUT2D eigenvalue weighted by Gasteiger charge is -2.37. The average Bonchev–Trinajstić information content (AvgIpc) is 2.63. The van der Waals surface area contributed by atoms with E-state index in [1.165, 1.54) is 5.56 Å². The fourth-order valence-corrected chi connectivity index (χ4v) is 3.12. The molecule has 0 heterocycles. The summed E-state index contributed by atoms with van der Waals surface area (Å²) in [6.45, 7) is 0. The molecule has 3 aromatic rings. The predicted molar refractivity (Wildman–Crippen MR) is 98.6 cm³/mol. The Morgan fingerprint density at radius 2 is 1.08 bits per heavy atom. The van der Waals surface area contributed by atoms with Gasteiger partial charge in [-0.15, -0.1) is 0 Å². The molecule has 0 saturated carbocycles. The highest BCUT2D eigenvalue weighted by Gasteiger charge is 2.37. The predicted octanol–water partition coefficient (Wildman–Crippen LogP) is 4.67. The SMILES string of the molecule is CN(C)OC(Cc1ccccc1)(c1ccccc1)c1ccccc1. The minimum Gasteiger partial charge on any atom is -0.283 e. The molecule has 0 aliphatic heterocycles. The quantitative estimate of drug-likeness (QED) is 0.613. The van der Waals surface area contributed by atoms with Gasteiger partial charge < -0.3 is 0 Å². The largest absolute Gasteiger partial charge is 0.283 e. The van der Waals surface area contributed by atoms with Gasteiger partial charge in [0.1, 0.15) is 5.60 Å². The van der Waals surface area contributed by atoms with Gasteiger partial charge in [-0.3, -0.25) is 4.84 Å². The number of hydrogen-bond acceptors (Lipinski definition) is 2. The zero-order chi connectivity index (χ0) is 16.8. The molecule has 0 bridgehead atoms. The van der Waals surface area contributed by atoms with Gasteiger partial charge in [0, 0.05) is 20.5 Å². The lowest BCUT2D eigenvalue weighted by molar-refractivity contribution is -0.208. The summed E-state index contributed by atoms with van der Waals surface area (Å²) >= 11 is 0. The molecule has 0 unspecified atom stereocenters. The van der Waals surface area contributed by atoms with E-state index in [-0.39, 0.29) is 0 Å². The van der Waals surface area contributed by atoms with E-state index < -0.39 is 5.60 Å². The second-order valence-electron chi connectivity index (χ2n) is 6.13. The van der Waals surface area contributed by atoms with Gasteiger partial charge in [-0.2, -0.15) is 5.06 Å². The first-order valence-corrected chi connectivity index (χ1v) is 8.22. The van der Waals surface area contributed by atoms with Gasteiger partial charge in [0.25, 0.3) is 0 Å². The van der Waals surface area contributed by atoms with Crippen LogP contribution in [0, 0.1) is 0 Å². The van der Waals surface area contributed by atoms with Gasteiger partial charge in [0.05, 0.1) is 0 Å². The highest BCUT2D eigenvalue weighted by Crippen LogP contribution is 2.37. The summed E-state index contributed by atoms with van der Waals surface area (Å²) in [5.41, 5.74) is 2.97. The molecule has 0 amide bonds. The van der Waals surface area contributed by atoms with Crippen LogP contribution in [0.5, 0.6) is 0 Å². The first kappa shape index (κ1) is 16.4. The van der Waals surface area contributed by atoms with E-state index in [2.05, 4.69) is 72.8 Å². The van der Waals surface area contributed by atoms with Crippen molar-refractivity contribution in [1.29, 1.82) is 0 Å². The fraction of sp³-hybridized carbons (Fsp3) is 0.182. The molecule has 0 aliphatic carbocycles. The molecule has 0 aliphatic rings. The Hall–Kier alpha value is -2.42. The molecule has 3 rings (SSSR count). The normalized spacial score (nSPS) is 11.6. The summed E-state index contributed by atoms with van der Waals surface area (Å²) in [6, 6.07) is 31.4. The van der Waals surface area contributed by atoms with E-state index in [0.29, 0.717) is 0 Å². The molecule has 0 N–H and O–H groups in total. The van der Waals surface area contributed by atoms with Crippen LogP contribution >= 0.6 is 0 Å². The van der Waals surface area contributed by atoms with Gasteiger partial charge >= 0.3 is 0 Å². The van der Waals surface area contributed by atoms with E-state index in [9.17, 15) is 0 Å². The zero-order valence-corrected chi connectivity index (χ0v) is 14.2. The van der Waals surface area contributed by atoms with Crippen molar-refractivity contribution in [2.75, 3.05) is 14.1 Å². The van der Waals surface area contributed by atoms with Crippen LogP contribution in [0.2, 0.25) is 0 Å². The van der Waals surface area contributed by atoms with E-state index >= 15 is 0 Å². The van der Waals surface area contributed by atoms with Crippen LogP contribution in [0.1, 0.15) is 16.7 Å².